The lowest BCUT2D eigenvalue weighted by atomic mass is 10.3. The summed E-state index contributed by atoms with van der Waals surface area (Å²) in [5.74, 6) is 1.14. The highest BCUT2D eigenvalue weighted by molar-refractivity contribution is 8.00. The molecule has 1 amide bonds. The minimum atomic E-state index is -0.344. The van der Waals surface area contributed by atoms with Gasteiger partial charge in [-0.1, -0.05) is 12.1 Å². The Balaban J connectivity index is 1.42. The molecule has 5 nitrogen and oxygen atoms in total. The quantitative estimate of drug-likeness (QED) is 0.781. The molecule has 0 unspecified atom stereocenters. The molecule has 1 atom stereocenters. The van der Waals surface area contributed by atoms with Crippen molar-refractivity contribution in [2.45, 2.75) is 18.1 Å². The molecule has 126 valence electrons. The van der Waals surface area contributed by atoms with Gasteiger partial charge in [0.2, 0.25) is 11.9 Å². The smallest absolute Gasteiger partial charge is 0.240 e. The van der Waals surface area contributed by atoms with Crippen molar-refractivity contribution in [2.75, 3.05) is 29.1 Å². The maximum atomic E-state index is 13.8. The summed E-state index contributed by atoms with van der Waals surface area (Å²) in [7, 11) is 0. The molecule has 1 fully saturated rings. The van der Waals surface area contributed by atoms with Crippen molar-refractivity contribution in [3.05, 3.63) is 48.5 Å². The predicted molar refractivity (Wildman–Crippen MR) is 94.8 cm³/mol. The van der Waals surface area contributed by atoms with Gasteiger partial charge in [0, 0.05) is 25.5 Å². The second kappa shape index (κ2) is 8.10. The number of rotatable bonds is 7. The van der Waals surface area contributed by atoms with E-state index < -0.39 is 0 Å². The first kappa shape index (κ1) is 16.7. The van der Waals surface area contributed by atoms with Crippen LogP contribution in [-0.4, -0.2) is 40.0 Å². The molecule has 24 heavy (non-hydrogen) atoms. The van der Waals surface area contributed by atoms with E-state index in [1.54, 1.807) is 53.3 Å². The van der Waals surface area contributed by atoms with Crippen LogP contribution in [0.3, 0.4) is 0 Å². The van der Waals surface area contributed by atoms with Crippen LogP contribution in [0.5, 0.6) is 0 Å². The van der Waals surface area contributed by atoms with E-state index in [2.05, 4.69) is 15.3 Å². The molecule has 3 rings (SSSR count). The van der Waals surface area contributed by atoms with Crippen molar-refractivity contribution >= 4 is 29.3 Å². The second-order valence-corrected chi connectivity index (χ2v) is 6.75. The highest BCUT2D eigenvalue weighted by Crippen LogP contribution is 2.30. The molecule has 2 heterocycles. The molecule has 2 aromatic rings. The summed E-state index contributed by atoms with van der Waals surface area (Å²) in [5.41, 5.74) is 0.383. The monoisotopic (exact) mass is 346 g/mol. The van der Waals surface area contributed by atoms with Gasteiger partial charge in [0.05, 0.1) is 10.9 Å². The van der Waals surface area contributed by atoms with Gasteiger partial charge in [0.1, 0.15) is 5.82 Å². The maximum Gasteiger partial charge on any atom is 0.240 e. The number of amides is 1. The molecule has 0 saturated carbocycles. The van der Waals surface area contributed by atoms with Gasteiger partial charge in [-0.15, -0.1) is 11.8 Å². The number of carbonyl (C=O) groups is 1. The molecule has 0 aliphatic carbocycles. The number of anilines is 2. The van der Waals surface area contributed by atoms with Crippen molar-refractivity contribution < 1.29 is 9.18 Å². The van der Waals surface area contributed by atoms with E-state index >= 15 is 0 Å². The Morgan fingerprint density at radius 1 is 1.25 bits per heavy atom. The summed E-state index contributed by atoms with van der Waals surface area (Å²) in [6.07, 6.45) is 5.05. The lowest BCUT2D eigenvalue weighted by molar-refractivity contribution is -0.116. The Morgan fingerprint density at radius 2 is 2.04 bits per heavy atom. The lowest BCUT2D eigenvalue weighted by Gasteiger charge is -2.17. The first-order valence-electron chi connectivity index (χ1n) is 7.94. The van der Waals surface area contributed by atoms with E-state index in [-0.39, 0.29) is 17.0 Å². The van der Waals surface area contributed by atoms with Crippen molar-refractivity contribution in [1.82, 2.24) is 9.97 Å². The summed E-state index contributed by atoms with van der Waals surface area (Å²) in [5, 5.41) is 3.06. The predicted octanol–water partition coefficient (Wildman–Crippen LogP) is 2.96. The van der Waals surface area contributed by atoms with Crippen LogP contribution in [0.2, 0.25) is 0 Å². The number of carbonyl (C=O) groups excluding carboxylic acids is 1. The van der Waals surface area contributed by atoms with Crippen molar-refractivity contribution in [2.24, 2.45) is 0 Å². The summed E-state index contributed by atoms with van der Waals surface area (Å²) in [6.45, 7) is 1.34. The van der Waals surface area contributed by atoms with Crippen LogP contribution in [0, 0.1) is 5.82 Å². The van der Waals surface area contributed by atoms with E-state index in [0.717, 1.165) is 25.1 Å². The van der Waals surface area contributed by atoms with Crippen molar-refractivity contribution in [1.29, 1.82) is 0 Å². The fourth-order valence-electron chi connectivity index (χ4n) is 2.61. The Labute approximate surface area is 144 Å². The number of aromatic nitrogens is 2. The molecule has 1 aromatic heterocycles. The number of thioether (sulfide) groups is 1. The van der Waals surface area contributed by atoms with Crippen LogP contribution in [0.1, 0.15) is 12.8 Å². The van der Waals surface area contributed by atoms with Crippen LogP contribution >= 0.6 is 11.8 Å². The third-order valence-electron chi connectivity index (χ3n) is 3.79. The number of hydrogen-bond acceptors (Lipinski definition) is 5. The third kappa shape index (κ3) is 4.03. The normalized spacial score (nSPS) is 17.3. The summed E-state index contributed by atoms with van der Waals surface area (Å²) < 4.78 is 13.8. The zero-order valence-electron chi connectivity index (χ0n) is 13.2. The average Bonchev–Trinajstić information content (AvgIpc) is 2.97. The molecule has 0 spiro atoms. The topological polar surface area (TPSA) is 58.1 Å². The van der Waals surface area contributed by atoms with Crippen molar-refractivity contribution in [3.63, 3.8) is 0 Å². The first-order chi connectivity index (χ1) is 11.8. The van der Waals surface area contributed by atoms with E-state index in [9.17, 15) is 9.18 Å². The highest BCUT2D eigenvalue weighted by Gasteiger charge is 2.33. The van der Waals surface area contributed by atoms with Crippen LogP contribution in [0.25, 0.3) is 0 Å². The summed E-state index contributed by atoms with van der Waals surface area (Å²) in [6, 6.07) is 8.21. The van der Waals surface area contributed by atoms with Crippen molar-refractivity contribution in [3.8, 4) is 0 Å². The fraction of sp³-hybridized carbons (Fsp3) is 0.353. The van der Waals surface area contributed by atoms with Gasteiger partial charge in [-0.05, 0) is 36.8 Å². The minimum Gasteiger partial charge on any atom is -0.354 e. The Kier molecular flexibility index (Phi) is 5.63. The molecular weight excluding hydrogens is 327 g/mol. The third-order valence-corrected chi connectivity index (χ3v) is 5.15. The van der Waals surface area contributed by atoms with Crippen LogP contribution in [0.4, 0.5) is 16.0 Å². The van der Waals surface area contributed by atoms with Gasteiger partial charge >= 0.3 is 0 Å². The van der Waals surface area contributed by atoms with E-state index in [1.807, 2.05) is 0 Å². The van der Waals surface area contributed by atoms with Gasteiger partial charge in [-0.3, -0.25) is 4.79 Å². The summed E-state index contributed by atoms with van der Waals surface area (Å²) >= 11 is 1.64. The maximum absolute atomic E-state index is 13.8. The number of nitrogens with one attached hydrogen (secondary N) is 1. The minimum absolute atomic E-state index is 0.00412. The average molecular weight is 346 g/mol. The largest absolute Gasteiger partial charge is 0.354 e. The zero-order valence-corrected chi connectivity index (χ0v) is 14.0. The molecule has 0 radical (unpaired) electrons. The number of hydrogen-bond donors (Lipinski definition) is 1. The number of halogens is 1. The number of benzene rings is 1. The SMILES string of the molecule is O=C1[C@@H](SCCCNc2ncccn2)CCN1c1ccccc1F. The van der Waals surface area contributed by atoms with E-state index in [0.29, 0.717) is 18.2 Å². The number of para-hydroxylation sites is 1. The number of nitrogens with zero attached hydrogens (tertiary/aromatic N) is 3. The standard InChI is InChI=1S/C17H19FN4OS/c18-13-5-1-2-6-14(13)22-11-7-15(16(22)23)24-12-4-10-21-17-19-8-3-9-20-17/h1-3,5-6,8-9,15H,4,7,10-12H2,(H,19,20,21)/t15-/m0/s1. The summed E-state index contributed by atoms with van der Waals surface area (Å²) in [4.78, 5) is 22.2. The molecule has 0 bridgehead atoms. The first-order valence-corrected chi connectivity index (χ1v) is 8.99. The molecule has 1 aliphatic heterocycles. The molecule has 7 heteroatoms. The van der Waals surface area contributed by atoms with E-state index in [4.69, 9.17) is 0 Å². The Hall–Kier alpha value is -2.15. The van der Waals surface area contributed by atoms with Crippen LogP contribution < -0.4 is 10.2 Å². The van der Waals surface area contributed by atoms with Gasteiger partial charge in [-0.25, -0.2) is 14.4 Å². The molecule has 1 N–H and O–H groups in total. The zero-order chi connectivity index (χ0) is 16.8. The molecule has 1 aromatic carbocycles. The van der Waals surface area contributed by atoms with Crippen LogP contribution in [0.15, 0.2) is 42.7 Å². The van der Waals surface area contributed by atoms with E-state index in [1.165, 1.54) is 6.07 Å². The fourth-order valence-corrected chi connectivity index (χ4v) is 3.74. The molecular formula is C17H19FN4OS. The van der Waals surface area contributed by atoms with Gasteiger partial charge in [-0.2, -0.15) is 0 Å². The van der Waals surface area contributed by atoms with Gasteiger partial charge in [0.15, 0.2) is 0 Å². The van der Waals surface area contributed by atoms with Gasteiger partial charge < -0.3 is 10.2 Å². The second-order valence-electron chi connectivity index (χ2n) is 5.44. The highest BCUT2D eigenvalue weighted by atomic mass is 32.2. The Bertz CT molecular complexity index is 685. The molecule has 1 saturated heterocycles. The van der Waals surface area contributed by atoms with Gasteiger partial charge in [0.25, 0.3) is 0 Å². The Morgan fingerprint density at radius 3 is 2.83 bits per heavy atom. The van der Waals surface area contributed by atoms with Crippen LogP contribution in [-0.2, 0) is 4.79 Å². The molecule has 1 aliphatic rings. The lowest BCUT2D eigenvalue weighted by Crippen LogP contribution is -2.29.